The van der Waals surface area contributed by atoms with Crippen LogP contribution in [0.1, 0.15) is 12.2 Å². The van der Waals surface area contributed by atoms with Crippen molar-refractivity contribution in [1.82, 2.24) is 19.1 Å². The lowest BCUT2D eigenvalue weighted by Gasteiger charge is -2.16. The van der Waals surface area contributed by atoms with Gasteiger partial charge in [-0.05, 0) is 55.0 Å². The Hall–Kier alpha value is -6.78. The summed E-state index contributed by atoms with van der Waals surface area (Å²) in [6.07, 6.45) is 11.4. The molecule has 0 aliphatic heterocycles. The molecule has 10 rings (SSSR count). The van der Waals surface area contributed by atoms with Crippen LogP contribution >= 0.6 is 0 Å². The van der Waals surface area contributed by atoms with E-state index in [0.29, 0.717) is 5.82 Å². The minimum atomic E-state index is 0.715. The molecule has 0 saturated carbocycles. The Bertz CT molecular complexity index is 2640. The highest BCUT2D eigenvalue weighted by Crippen LogP contribution is 2.38. The number of nitrogens with zero attached hydrogens (tertiary/aromatic N) is 4. The van der Waals surface area contributed by atoms with Crippen molar-refractivity contribution >= 4 is 49.2 Å². The van der Waals surface area contributed by atoms with Gasteiger partial charge in [-0.25, -0.2) is 9.97 Å². The van der Waals surface area contributed by atoms with Gasteiger partial charge in [0.2, 0.25) is 0 Å². The third-order valence-electron chi connectivity index (χ3n) is 9.93. The highest BCUT2D eigenvalue weighted by Gasteiger charge is 2.19. The largest absolute Gasteiger partial charge is 0.309 e. The van der Waals surface area contributed by atoms with Gasteiger partial charge in [-0.3, -0.25) is 0 Å². The molecule has 6 aromatic carbocycles. The average molecular weight is 653 g/mol. The standard InChI is InChI=1S/C47H32N4/c1-2-5-19-33(18-4-1)47-48-41(32-16-6-3-7-17-32)31-42(49-47)34-28-35(50-43-24-12-8-20-37(43)38-21-9-13-25-44(38)50)30-36(29-34)51-45-26-14-10-22-39(45)40-23-11-15-27-46(40)51/h1-4,6-31H,5H2. The van der Waals surface area contributed by atoms with Gasteiger partial charge in [-0.15, -0.1) is 0 Å². The molecule has 0 N–H and O–H groups in total. The van der Waals surface area contributed by atoms with Crippen LogP contribution in [0.2, 0.25) is 0 Å². The Morgan fingerprint density at radius 1 is 0.431 bits per heavy atom. The van der Waals surface area contributed by atoms with Gasteiger partial charge in [0.1, 0.15) is 0 Å². The molecule has 0 spiro atoms. The van der Waals surface area contributed by atoms with Crippen molar-refractivity contribution < 1.29 is 0 Å². The number of rotatable bonds is 5. The molecule has 240 valence electrons. The molecule has 4 nitrogen and oxygen atoms in total. The molecule has 0 unspecified atom stereocenters. The SMILES string of the molecule is C1=CCC=C(c2nc(-c3ccccc3)cc(-c3cc(-n4c5ccccc5c5ccccc54)cc(-n4c5ccccc5c5ccccc54)c3)n2)C=C1. The second-order valence-corrected chi connectivity index (χ2v) is 13.0. The zero-order valence-electron chi connectivity index (χ0n) is 27.8. The Balaban J connectivity index is 1.30. The predicted molar refractivity (Wildman–Crippen MR) is 212 cm³/mol. The van der Waals surface area contributed by atoms with Crippen LogP contribution in [0.25, 0.3) is 83.1 Å². The minimum absolute atomic E-state index is 0.715. The third-order valence-corrected chi connectivity index (χ3v) is 9.93. The Morgan fingerprint density at radius 3 is 1.43 bits per heavy atom. The molecule has 0 radical (unpaired) electrons. The van der Waals surface area contributed by atoms with Gasteiger partial charge in [0.05, 0.1) is 33.5 Å². The molecule has 0 bridgehead atoms. The Kier molecular flexibility index (Phi) is 6.85. The molecule has 0 saturated heterocycles. The summed E-state index contributed by atoms with van der Waals surface area (Å²) < 4.78 is 4.79. The van der Waals surface area contributed by atoms with Crippen molar-refractivity contribution in [2.24, 2.45) is 0 Å². The number of hydrogen-bond acceptors (Lipinski definition) is 2. The van der Waals surface area contributed by atoms with Gasteiger partial charge in [0, 0.05) is 49.6 Å². The third kappa shape index (κ3) is 4.92. The van der Waals surface area contributed by atoms with E-state index in [9.17, 15) is 0 Å². The maximum absolute atomic E-state index is 5.31. The summed E-state index contributed by atoms with van der Waals surface area (Å²) in [5, 5.41) is 4.92. The zero-order valence-corrected chi connectivity index (χ0v) is 27.8. The van der Waals surface area contributed by atoms with Crippen LogP contribution in [-0.4, -0.2) is 19.1 Å². The summed E-state index contributed by atoms with van der Waals surface area (Å²) in [4.78, 5) is 10.4. The molecule has 1 aliphatic rings. The van der Waals surface area contributed by atoms with Crippen molar-refractivity contribution in [2.45, 2.75) is 6.42 Å². The number of fused-ring (bicyclic) bond motifs is 6. The zero-order chi connectivity index (χ0) is 33.7. The molecular formula is C47H32N4. The highest BCUT2D eigenvalue weighted by molar-refractivity contribution is 6.10. The number of benzene rings is 6. The fourth-order valence-electron chi connectivity index (χ4n) is 7.63. The smallest absolute Gasteiger partial charge is 0.160 e. The molecule has 51 heavy (non-hydrogen) atoms. The summed E-state index contributed by atoms with van der Waals surface area (Å²) >= 11 is 0. The topological polar surface area (TPSA) is 35.6 Å². The van der Waals surface area contributed by atoms with Crippen LogP contribution in [0.3, 0.4) is 0 Å². The normalized spacial score (nSPS) is 13.0. The van der Waals surface area contributed by atoms with E-state index in [1.54, 1.807) is 0 Å². The van der Waals surface area contributed by atoms with Crippen molar-refractivity contribution in [3.63, 3.8) is 0 Å². The quantitative estimate of drug-likeness (QED) is 0.185. The maximum Gasteiger partial charge on any atom is 0.160 e. The van der Waals surface area contributed by atoms with Gasteiger partial charge in [-0.2, -0.15) is 0 Å². The number of para-hydroxylation sites is 4. The van der Waals surface area contributed by atoms with Gasteiger partial charge < -0.3 is 9.13 Å². The fourth-order valence-corrected chi connectivity index (χ4v) is 7.63. The van der Waals surface area contributed by atoms with E-state index < -0.39 is 0 Å². The van der Waals surface area contributed by atoms with Crippen molar-refractivity contribution in [2.75, 3.05) is 0 Å². The lowest BCUT2D eigenvalue weighted by molar-refractivity contribution is 1.11. The van der Waals surface area contributed by atoms with E-state index >= 15 is 0 Å². The second kappa shape index (κ2) is 12.0. The lowest BCUT2D eigenvalue weighted by Crippen LogP contribution is -2.02. The molecule has 0 amide bonds. The molecule has 4 heteroatoms. The van der Waals surface area contributed by atoms with Crippen LogP contribution in [0, 0.1) is 0 Å². The first-order chi connectivity index (χ1) is 25.3. The van der Waals surface area contributed by atoms with E-state index in [-0.39, 0.29) is 0 Å². The minimum Gasteiger partial charge on any atom is -0.309 e. The van der Waals surface area contributed by atoms with E-state index in [2.05, 4.69) is 185 Å². The van der Waals surface area contributed by atoms with Crippen LogP contribution in [-0.2, 0) is 0 Å². The summed E-state index contributed by atoms with van der Waals surface area (Å²) in [5.41, 5.74) is 11.7. The molecule has 1 aliphatic carbocycles. The molecule has 9 aromatic rings. The predicted octanol–water partition coefficient (Wildman–Crippen LogP) is 11.9. The molecule has 3 heterocycles. The monoisotopic (exact) mass is 652 g/mol. The maximum atomic E-state index is 5.31. The van der Waals surface area contributed by atoms with Gasteiger partial charge in [0.25, 0.3) is 0 Å². The Labute approximate surface area is 295 Å². The first kappa shape index (κ1) is 29.2. The summed E-state index contributed by atoms with van der Waals surface area (Å²) in [7, 11) is 0. The van der Waals surface area contributed by atoms with Crippen LogP contribution < -0.4 is 0 Å². The fraction of sp³-hybridized carbons (Fsp3) is 0.0213. The lowest BCUT2D eigenvalue weighted by atomic mass is 10.0. The molecule has 0 fully saturated rings. The van der Waals surface area contributed by atoms with Crippen LogP contribution in [0.4, 0.5) is 0 Å². The van der Waals surface area contributed by atoms with Crippen LogP contribution in [0.15, 0.2) is 182 Å². The van der Waals surface area contributed by atoms with E-state index in [1.807, 2.05) is 6.07 Å². The highest BCUT2D eigenvalue weighted by atomic mass is 15.0. The van der Waals surface area contributed by atoms with Crippen molar-refractivity contribution in [3.05, 3.63) is 188 Å². The second-order valence-electron chi connectivity index (χ2n) is 13.0. The van der Waals surface area contributed by atoms with Gasteiger partial charge in [-0.1, -0.05) is 134 Å². The average Bonchev–Trinajstić information content (AvgIpc) is 3.56. The van der Waals surface area contributed by atoms with Crippen molar-refractivity contribution in [3.8, 4) is 33.9 Å². The van der Waals surface area contributed by atoms with Gasteiger partial charge in [0.15, 0.2) is 5.82 Å². The number of allylic oxidation sites excluding steroid dienone is 6. The van der Waals surface area contributed by atoms with E-state index in [4.69, 9.17) is 9.97 Å². The summed E-state index contributed by atoms with van der Waals surface area (Å²) in [6.45, 7) is 0. The van der Waals surface area contributed by atoms with Gasteiger partial charge >= 0.3 is 0 Å². The van der Waals surface area contributed by atoms with Crippen molar-refractivity contribution in [1.29, 1.82) is 0 Å². The van der Waals surface area contributed by atoms with E-state index in [0.717, 1.165) is 45.9 Å². The van der Waals surface area contributed by atoms with E-state index in [1.165, 1.54) is 43.6 Å². The number of hydrogen-bond donors (Lipinski definition) is 0. The number of aromatic nitrogens is 4. The molecular weight excluding hydrogens is 621 g/mol. The first-order valence-corrected chi connectivity index (χ1v) is 17.4. The Morgan fingerprint density at radius 2 is 0.902 bits per heavy atom. The van der Waals surface area contributed by atoms with Crippen LogP contribution in [0.5, 0.6) is 0 Å². The molecule has 3 aromatic heterocycles. The molecule has 0 atom stereocenters. The first-order valence-electron chi connectivity index (χ1n) is 17.4. The summed E-state index contributed by atoms with van der Waals surface area (Å²) in [5.74, 6) is 0.715. The summed E-state index contributed by atoms with van der Waals surface area (Å²) in [6, 6.07) is 54.2.